The van der Waals surface area contributed by atoms with Crippen molar-refractivity contribution in [3.8, 4) is 0 Å². The molecule has 0 spiro atoms. The number of hydrogen-bond acceptors (Lipinski definition) is 12. The van der Waals surface area contributed by atoms with Gasteiger partial charge in [-0.05, 0) is 37.8 Å². The zero-order valence-electron chi connectivity index (χ0n) is 24.1. The van der Waals surface area contributed by atoms with Crippen molar-refractivity contribution in [1.82, 2.24) is 0 Å². The quantitative estimate of drug-likeness (QED) is 0.209. The largest absolute Gasteiger partial charge is 0.500 e. The van der Waals surface area contributed by atoms with Crippen molar-refractivity contribution in [3.63, 3.8) is 0 Å². The van der Waals surface area contributed by atoms with Crippen molar-refractivity contribution in [2.24, 2.45) is 0 Å². The van der Waals surface area contributed by atoms with Gasteiger partial charge in [0.1, 0.15) is 0 Å². The monoisotopic (exact) mass is 624 g/mol. The molecule has 0 N–H and O–H groups in total. The van der Waals surface area contributed by atoms with Crippen molar-refractivity contribution in [3.05, 3.63) is 0 Å². The van der Waals surface area contributed by atoms with E-state index in [2.05, 4.69) is 19.6 Å². The fourth-order valence-corrected chi connectivity index (χ4v) is 32.0. The van der Waals surface area contributed by atoms with E-state index in [1.54, 1.807) is 64.0 Å². The molecule has 1 aliphatic rings. The van der Waals surface area contributed by atoms with Crippen LogP contribution in [0.4, 0.5) is 0 Å². The Balaban J connectivity index is 3.27. The minimum atomic E-state index is -2.81. The van der Waals surface area contributed by atoms with E-state index in [0.29, 0.717) is 36.3 Å². The minimum Gasteiger partial charge on any atom is -0.416 e. The average molecular weight is 625 g/mol. The highest BCUT2D eigenvalue weighted by Gasteiger charge is 2.59. The third kappa shape index (κ3) is 8.92. The number of rotatable bonds is 18. The molecule has 0 aliphatic carbocycles. The maximum absolute atomic E-state index is 6.82. The topological polar surface area (TPSA) is 111 Å². The maximum Gasteiger partial charge on any atom is 0.500 e. The van der Waals surface area contributed by atoms with Crippen molar-refractivity contribution in [2.45, 2.75) is 55.9 Å². The summed E-state index contributed by atoms with van der Waals surface area (Å²) in [6, 6.07) is 3.67. The summed E-state index contributed by atoms with van der Waals surface area (Å²) in [6.45, 7) is 6.27. The lowest BCUT2D eigenvalue weighted by molar-refractivity contribution is 0.122. The first-order valence-electron chi connectivity index (χ1n) is 11.9. The summed E-state index contributed by atoms with van der Waals surface area (Å²) in [5.74, 6) is 0. The Morgan fingerprint density at radius 3 is 0.694 bits per heavy atom. The van der Waals surface area contributed by atoms with E-state index >= 15 is 0 Å². The summed E-state index contributed by atoms with van der Waals surface area (Å²) < 4.78 is 71.4. The Morgan fingerprint density at radius 2 is 0.556 bits per heavy atom. The molecule has 1 rings (SSSR count). The molecular weight excluding hydrogens is 577 g/mol. The molecule has 1 saturated heterocycles. The first-order valence-corrected chi connectivity index (χ1v) is 25.2. The molecule has 1 heterocycles. The number of hydrogen-bond donors (Lipinski definition) is 0. The lowest BCUT2D eigenvalue weighted by Gasteiger charge is -2.51. The fourth-order valence-electron chi connectivity index (χ4n) is 4.55. The summed E-state index contributed by atoms with van der Waals surface area (Å²) in [5.41, 5.74) is 0. The van der Waals surface area contributed by atoms with Crippen molar-refractivity contribution >= 4 is 52.1 Å². The van der Waals surface area contributed by atoms with Crippen LogP contribution in [0.5, 0.6) is 0 Å². The Labute approximate surface area is 223 Å². The Hall–Kier alpha value is 0.821. The molecule has 12 nitrogen and oxygen atoms in total. The second kappa shape index (κ2) is 14.5. The molecule has 0 radical (unpaired) electrons. The molecule has 18 heteroatoms. The molecule has 0 aromatic carbocycles. The molecule has 1 aliphatic heterocycles. The Bertz CT molecular complexity index is 534. The van der Waals surface area contributed by atoms with Crippen molar-refractivity contribution in [1.29, 1.82) is 0 Å². The summed E-state index contributed by atoms with van der Waals surface area (Å²) in [4.78, 5) is 0. The first-order chi connectivity index (χ1) is 16.8. The summed E-state index contributed by atoms with van der Waals surface area (Å²) in [5, 5.41) is 0. The van der Waals surface area contributed by atoms with E-state index in [1.165, 1.54) is 0 Å². The molecule has 36 heavy (non-hydrogen) atoms. The highest BCUT2D eigenvalue weighted by atomic mass is 28.5. The van der Waals surface area contributed by atoms with Gasteiger partial charge in [0.2, 0.25) is 0 Å². The van der Waals surface area contributed by atoms with Gasteiger partial charge in [-0.3, -0.25) is 0 Å². The lowest BCUT2D eigenvalue weighted by Crippen LogP contribution is -2.68. The van der Waals surface area contributed by atoms with Gasteiger partial charge in [0.15, 0.2) is 0 Å². The molecule has 1 fully saturated rings. The SMILES string of the molecule is CO[Si](CC[Si]1(C)O[Si](C)(CC[Si](OC)(OC)OC)O[Si](C)(CC[Si](OC)(OC)OC)O1)(OC)OC. The molecule has 0 atom stereocenters. The van der Waals surface area contributed by atoms with Crippen LogP contribution in [-0.2, 0) is 52.2 Å². The van der Waals surface area contributed by atoms with Crippen molar-refractivity contribution in [2.75, 3.05) is 64.0 Å². The van der Waals surface area contributed by atoms with Crippen LogP contribution in [0, 0.1) is 0 Å². The van der Waals surface area contributed by atoms with Crippen LogP contribution >= 0.6 is 0 Å². The van der Waals surface area contributed by atoms with Gasteiger partial charge in [0.05, 0.1) is 0 Å². The highest BCUT2D eigenvalue weighted by molar-refractivity contribution is 6.94. The average Bonchev–Trinajstić information content (AvgIpc) is 2.87. The minimum absolute atomic E-state index is 0.577. The zero-order chi connectivity index (χ0) is 27.7. The van der Waals surface area contributed by atoms with Crippen LogP contribution in [-0.4, -0.2) is 116 Å². The molecule has 0 saturated carbocycles. The van der Waals surface area contributed by atoms with Crippen LogP contribution in [0.25, 0.3) is 0 Å². The van der Waals surface area contributed by atoms with E-state index in [0.717, 1.165) is 0 Å². The van der Waals surface area contributed by atoms with Gasteiger partial charge in [0, 0.05) is 82.1 Å². The first kappa shape index (κ1) is 34.8. The van der Waals surface area contributed by atoms with Crippen LogP contribution in [0.3, 0.4) is 0 Å². The van der Waals surface area contributed by atoms with Crippen LogP contribution < -0.4 is 0 Å². The van der Waals surface area contributed by atoms with Crippen molar-refractivity contribution < 1.29 is 52.2 Å². The highest BCUT2D eigenvalue weighted by Crippen LogP contribution is 2.41. The Morgan fingerprint density at radius 1 is 0.389 bits per heavy atom. The molecule has 0 aromatic heterocycles. The Kier molecular flexibility index (Phi) is 14.0. The van der Waals surface area contributed by atoms with Gasteiger partial charge in [-0.1, -0.05) is 0 Å². The second-order valence-electron chi connectivity index (χ2n) is 9.09. The maximum atomic E-state index is 6.82. The standard InChI is InChI=1S/C18H48O12Si6/c1-19-34(20-2,21-3)16-13-31(10)28-32(11,14-17-35(22-4,23-5)24-6)30-33(12,29-31)15-18-36(25-7,26-8)27-9/h13-18H2,1-12H3. The molecule has 0 amide bonds. The van der Waals surface area contributed by atoms with E-state index in [-0.39, 0.29) is 0 Å². The lowest BCUT2D eigenvalue weighted by atomic mass is 10.9. The fraction of sp³-hybridized carbons (Fsp3) is 1.00. The summed E-state index contributed by atoms with van der Waals surface area (Å²) in [7, 11) is -2.15. The molecule has 0 unspecified atom stereocenters. The van der Waals surface area contributed by atoms with E-state index in [4.69, 9.17) is 52.2 Å². The third-order valence-corrected chi connectivity index (χ3v) is 30.3. The summed E-state index contributed by atoms with van der Waals surface area (Å²) >= 11 is 0. The van der Waals surface area contributed by atoms with E-state index in [1.807, 2.05) is 0 Å². The normalized spacial score (nSPS) is 28.0. The summed E-state index contributed by atoms with van der Waals surface area (Å²) in [6.07, 6.45) is 0. The smallest absolute Gasteiger partial charge is 0.416 e. The molecule has 0 bridgehead atoms. The molecule has 0 aromatic rings. The second-order valence-corrected chi connectivity index (χ2v) is 29.1. The zero-order valence-corrected chi connectivity index (χ0v) is 30.1. The van der Waals surface area contributed by atoms with Crippen LogP contribution in [0.15, 0.2) is 0 Å². The van der Waals surface area contributed by atoms with Gasteiger partial charge in [-0.15, -0.1) is 0 Å². The predicted molar refractivity (Wildman–Crippen MR) is 147 cm³/mol. The van der Waals surface area contributed by atoms with E-state index < -0.39 is 52.1 Å². The van der Waals surface area contributed by atoms with Gasteiger partial charge in [0.25, 0.3) is 0 Å². The third-order valence-electron chi connectivity index (χ3n) is 6.75. The van der Waals surface area contributed by atoms with Gasteiger partial charge >= 0.3 is 52.1 Å². The van der Waals surface area contributed by atoms with Crippen LogP contribution in [0.2, 0.25) is 55.9 Å². The van der Waals surface area contributed by atoms with Gasteiger partial charge in [-0.25, -0.2) is 0 Å². The van der Waals surface area contributed by atoms with Crippen LogP contribution in [0.1, 0.15) is 0 Å². The molecular formula is C18H48O12Si6. The van der Waals surface area contributed by atoms with E-state index in [9.17, 15) is 0 Å². The molecule has 216 valence electrons. The van der Waals surface area contributed by atoms with Gasteiger partial charge < -0.3 is 52.2 Å². The predicted octanol–water partition coefficient (Wildman–Crippen LogP) is 2.90. The van der Waals surface area contributed by atoms with Gasteiger partial charge in [-0.2, -0.15) is 0 Å².